The Morgan fingerprint density at radius 1 is 1.16 bits per heavy atom. The molecular weight excluding hydrogens is 320 g/mol. The van der Waals surface area contributed by atoms with Gasteiger partial charge in [0.25, 0.3) is 5.91 Å². The van der Waals surface area contributed by atoms with Crippen LogP contribution in [-0.2, 0) is 0 Å². The normalized spacial score (nSPS) is 15.2. The van der Waals surface area contributed by atoms with Crippen molar-refractivity contribution < 1.29 is 14.3 Å². The molecule has 2 aromatic rings. The van der Waals surface area contributed by atoms with Crippen LogP contribution in [0.4, 0.5) is 0 Å². The van der Waals surface area contributed by atoms with Crippen molar-refractivity contribution in [1.29, 1.82) is 0 Å². The standard InChI is InChI=1S/C18H24N4O3/c1-3-24-16-6-5-14(13-17(16)25-4-2)18(23)21-10-7-15(8-11-21)22-12-9-19-20-22/h5-6,9,12-13,15H,3-4,7-8,10-11H2,1-2H3. The number of nitrogens with zero attached hydrogens (tertiary/aromatic N) is 4. The number of rotatable bonds is 6. The van der Waals surface area contributed by atoms with Crippen LogP contribution in [0.15, 0.2) is 30.6 Å². The van der Waals surface area contributed by atoms with E-state index < -0.39 is 0 Å². The van der Waals surface area contributed by atoms with E-state index in [0.29, 0.717) is 49.4 Å². The predicted octanol–water partition coefficient (Wildman–Crippen LogP) is 2.55. The molecule has 1 fully saturated rings. The Kier molecular flexibility index (Phi) is 5.53. The van der Waals surface area contributed by atoms with E-state index in [1.807, 2.05) is 35.7 Å². The van der Waals surface area contributed by atoms with Crippen LogP contribution in [0.1, 0.15) is 43.1 Å². The molecule has 1 aromatic heterocycles. The third kappa shape index (κ3) is 3.92. The zero-order valence-corrected chi connectivity index (χ0v) is 14.7. The van der Waals surface area contributed by atoms with Crippen molar-refractivity contribution in [1.82, 2.24) is 19.9 Å². The summed E-state index contributed by atoms with van der Waals surface area (Å²) >= 11 is 0. The number of aromatic nitrogens is 3. The maximum atomic E-state index is 12.8. The molecule has 0 bridgehead atoms. The second-order valence-corrected chi connectivity index (χ2v) is 5.93. The Bertz CT molecular complexity index is 694. The molecule has 2 heterocycles. The monoisotopic (exact) mass is 344 g/mol. The minimum absolute atomic E-state index is 0.0287. The number of carbonyl (C=O) groups excluding carboxylic acids is 1. The summed E-state index contributed by atoms with van der Waals surface area (Å²) in [6.45, 7) is 6.35. The molecule has 1 saturated heterocycles. The average Bonchev–Trinajstić information content (AvgIpc) is 3.18. The Hall–Kier alpha value is -2.57. The van der Waals surface area contributed by atoms with Crippen molar-refractivity contribution in [3.8, 4) is 11.5 Å². The van der Waals surface area contributed by atoms with Gasteiger partial charge in [-0.05, 0) is 44.9 Å². The highest BCUT2D eigenvalue weighted by molar-refractivity contribution is 5.95. The molecule has 134 valence electrons. The van der Waals surface area contributed by atoms with Crippen molar-refractivity contribution in [2.24, 2.45) is 0 Å². The van der Waals surface area contributed by atoms with E-state index >= 15 is 0 Å². The fraction of sp³-hybridized carbons (Fsp3) is 0.500. The maximum Gasteiger partial charge on any atom is 0.253 e. The second kappa shape index (κ2) is 8.00. The SMILES string of the molecule is CCOc1ccc(C(=O)N2CCC(n3ccnn3)CC2)cc1OCC. The van der Waals surface area contributed by atoms with Gasteiger partial charge in [0.05, 0.1) is 25.5 Å². The molecule has 0 atom stereocenters. The first-order chi connectivity index (χ1) is 12.2. The summed E-state index contributed by atoms with van der Waals surface area (Å²) in [5.41, 5.74) is 0.631. The number of hydrogen-bond donors (Lipinski definition) is 0. The molecule has 7 heteroatoms. The van der Waals surface area contributed by atoms with Gasteiger partial charge in [0.15, 0.2) is 11.5 Å². The van der Waals surface area contributed by atoms with Crippen molar-refractivity contribution in [2.45, 2.75) is 32.7 Å². The number of likely N-dealkylation sites (tertiary alicyclic amines) is 1. The molecule has 1 aliphatic rings. The van der Waals surface area contributed by atoms with Crippen LogP contribution in [0.25, 0.3) is 0 Å². The first kappa shape index (κ1) is 17.3. The predicted molar refractivity (Wildman–Crippen MR) is 93.0 cm³/mol. The van der Waals surface area contributed by atoms with Gasteiger partial charge < -0.3 is 14.4 Å². The summed E-state index contributed by atoms with van der Waals surface area (Å²) in [7, 11) is 0. The molecule has 1 aliphatic heterocycles. The Morgan fingerprint density at radius 3 is 2.52 bits per heavy atom. The fourth-order valence-corrected chi connectivity index (χ4v) is 3.11. The summed E-state index contributed by atoms with van der Waals surface area (Å²) in [6.07, 6.45) is 5.32. The number of hydrogen-bond acceptors (Lipinski definition) is 5. The molecule has 7 nitrogen and oxygen atoms in total. The topological polar surface area (TPSA) is 69.5 Å². The summed E-state index contributed by atoms with van der Waals surface area (Å²) in [5, 5.41) is 7.92. The molecule has 0 saturated carbocycles. The Labute approximate surface area is 147 Å². The first-order valence-electron chi connectivity index (χ1n) is 8.77. The summed E-state index contributed by atoms with van der Waals surface area (Å²) in [5.74, 6) is 1.32. The van der Waals surface area contributed by atoms with E-state index in [2.05, 4.69) is 10.3 Å². The molecule has 0 N–H and O–H groups in total. The zero-order valence-electron chi connectivity index (χ0n) is 14.7. The van der Waals surface area contributed by atoms with E-state index in [9.17, 15) is 4.79 Å². The smallest absolute Gasteiger partial charge is 0.253 e. The van der Waals surface area contributed by atoms with Gasteiger partial charge in [0.1, 0.15) is 0 Å². The number of carbonyl (C=O) groups is 1. The molecule has 1 amide bonds. The van der Waals surface area contributed by atoms with Crippen LogP contribution in [0.2, 0.25) is 0 Å². The van der Waals surface area contributed by atoms with Crippen molar-refractivity contribution >= 4 is 5.91 Å². The number of benzene rings is 1. The largest absolute Gasteiger partial charge is 0.490 e. The van der Waals surface area contributed by atoms with E-state index in [0.717, 1.165) is 12.8 Å². The van der Waals surface area contributed by atoms with Gasteiger partial charge in [-0.15, -0.1) is 5.10 Å². The zero-order chi connectivity index (χ0) is 17.6. The lowest BCUT2D eigenvalue weighted by Crippen LogP contribution is -2.39. The number of piperidine rings is 1. The lowest BCUT2D eigenvalue weighted by Gasteiger charge is -2.32. The Balaban J connectivity index is 1.67. The van der Waals surface area contributed by atoms with Crippen molar-refractivity contribution in [3.63, 3.8) is 0 Å². The number of amides is 1. The first-order valence-corrected chi connectivity index (χ1v) is 8.77. The number of ether oxygens (including phenoxy) is 2. The van der Waals surface area contributed by atoms with Gasteiger partial charge in [0, 0.05) is 24.8 Å². The highest BCUT2D eigenvalue weighted by Crippen LogP contribution is 2.30. The van der Waals surface area contributed by atoms with Crippen molar-refractivity contribution in [2.75, 3.05) is 26.3 Å². The van der Waals surface area contributed by atoms with E-state index in [1.165, 1.54) is 0 Å². The summed E-state index contributed by atoms with van der Waals surface area (Å²) in [6, 6.07) is 5.70. The van der Waals surface area contributed by atoms with Gasteiger partial charge in [0.2, 0.25) is 0 Å². The molecule has 3 rings (SSSR count). The van der Waals surface area contributed by atoms with Crippen LogP contribution in [0.3, 0.4) is 0 Å². The minimum atomic E-state index is 0.0287. The molecule has 25 heavy (non-hydrogen) atoms. The van der Waals surface area contributed by atoms with Crippen molar-refractivity contribution in [3.05, 3.63) is 36.2 Å². The molecule has 1 aromatic carbocycles. The molecule has 0 radical (unpaired) electrons. The second-order valence-electron chi connectivity index (χ2n) is 5.93. The highest BCUT2D eigenvalue weighted by atomic mass is 16.5. The third-order valence-electron chi connectivity index (χ3n) is 4.36. The lowest BCUT2D eigenvalue weighted by atomic mass is 10.0. The van der Waals surface area contributed by atoms with Crippen LogP contribution in [-0.4, -0.2) is 52.1 Å². The van der Waals surface area contributed by atoms with Crippen LogP contribution in [0.5, 0.6) is 11.5 Å². The van der Waals surface area contributed by atoms with Gasteiger partial charge in [-0.1, -0.05) is 5.21 Å². The fourth-order valence-electron chi connectivity index (χ4n) is 3.11. The quantitative estimate of drug-likeness (QED) is 0.805. The summed E-state index contributed by atoms with van der Waals surface area (Å²) < 4.78 is 13.1. The van der Waals surface area contributed by atoms with E-state index in [4.69, 9.17) is 9.47 Å². The van der Waals surface area contributed by atoms with E-state index in [1.54, 1.807) is 18.3 Å². The molecule has 0 unspecified atom stereocenters. The van der Waals surface area contributed by atoms with Crippen LogP contribution < -0.4 is 9.47 Å². The maximum absolute atomic E-state index is 12.8. The van der Waals surface area contributed by atoms with E-state index in [-0.39, 0.29) is 5.91 Å². The molecular formula is C18H24N4O3. The minimum Gasteiger partial charge on any atom is -0.490 e. The Morgan fingerprint density at radius 2 is 1.88 bits per heavy atom. The highest BCUT2D eigenvalue weighted by Gasteiger charge is 2.25. The van der Waals surface area contributed by atoms with Gasteiger partial charge in [-0.2, -0.15) is 0 Å². The molecule has 0 spiro atoms. The van der Waals surface area contributed by atoms with Crippen LogP contribution in [0, 0.1) is 0 Å². The average molecular weight is 344 g/mol. The van der Waals surface area contributed by atoms with Gasteiger partial charge >= 0.3 is 0 Å². The van der Waals surface area contributed by atoms with Gasteiger partial charge in [-0.3, -0.25) is 4.79 Å². The lowest BCUT2D eigenvalue weighted by molar-refractivity contribution is 0.0688. The van der Waals surface area contributed by atoms with Gasteiger partial charge in [-0.25, -0.2) is 4.68 Å². The summed E-state index contributed by atoms with van der Waals surface area (Å²) in [4.78, 5) is 14.7. The molecule has 0 aliphatic carbocycles. The van der Waals surface area contributed by atoms with Crippen LogP contribution >= 0.6 is 0 Å². The third-order valence-corrected chi connectivity index (χ3v) is 4.36.